The highest BCUT2D eigenvalue weighted by Gasteiger charge is 2.07. The predicted molar refractivity (Wildman–Crippen MR) is 106 cm³/mol. The van der Waals surface area contributed by atoms with Crippen molar-refractivity contribution >= 4 is 11.6 Å². The molecular weight excluding hydrogens is 364 g/mol. The van der Waals surface area contributed by atoms with Crippen molar-refractivity contribution in [3.05, 3.63) is 81.9 Å². The fraction of sp³-hybridized carbons (Fsp3) is 0.182. The third-order valence-electron chi connectivity index (χ3n) is 4.30. The van der Waals surface area contributed by atoms with Crippen molar-refractivity contribution in [1.29, 1.82) is 0 Å². The molecule has 27 heavy (non-hydrogen) atoms. The summed E-state index contributed by atoms with van der Waals surface area (Å²) in [6, 6.07) is 15.5. The Balaban J connectivity index is 1.70. The number of aryl methyl sites for hydroxylation is 2. The molecule has 0 amide bonds. The van der Waals surface area contributed by atoms with Crippen LogP contribution in [0.5, 0.6) is 23.0 Å². The molecule has 3 rings (SSSR count). The van der Waals surface area contributed by atoms with Crippen LogP contribution < -0.4 is 9.47 Å². The monoisotopic (exact) mass is 384 g/mol. The molecule has 0 radical (unpaired) electrons. The number of rotatable bonds is 6. The number of benzene rings is 3. The lowest BCUT2D eigenvalue weighted by Gasteiger charge is -2.13. The molecule has 0 saturated carbocycles. The Labute approximate surface area is 163 Å². The summed E-state index contributed by atoms with van der Waals surface area (Å²) in [5.41, 5.74) is 3.86. The molecule has 0 bridgehead atoms. The van der Waals surface area contributed by atoms with E-state index in [4.69, 9.17) is 21.1 Å². The first-order valence-electron chi connectivity index (χ1n) is 8.54. The van der Waals surface area contributed by atoms with Gasteiger partial charge in [0, 0.05) is 11.1 Å². The summed E-state index contributed by atoms with van der Waals surface area (Å²) in [7, 11) is 0. The van der Waals surface area contributed by atoms with E-state index in [-0.39, 0.29) is 11.5 Å². The van der Waals surface area contributed by atoms with Gasteiger partial charge in [-0.1, -0.05) is 23.7 Å². The van der Waals surface area contributed by atoms with E-state index in [2.05, 4.69) is 0 Å². The van der Waals surface area contributed by atoms with Crippen LogP contribution in [0.1, 0.15) is 22.3 Å². The maximum atomic E-state index is 9.63. The molecular formula is C22H21ClO4. The Morgan fingerprint density at radius 1 is 0.704 bits per heavy atom. The van der Waals surface area contributed by atoms with E-state index in [0.717, 1.165) is 22.3 Å². The van der Waals surface area contributed by atoms with E-state index in [9.17, 15) is 10.2 Å². The molecule has 0 atom stereocenters. The summed E-state index contributed by atoms with van der Waals surface area (Å²) in [5.74, 6) is 1.56. The SMILES string of the molecule is Cc1ccc(O)cc1COc1cc(Cl)cc(OCc2cc(O)ccc2C)c1. The average molecular weight is 385 g/mol. The van der Waals surface area contributed by atoms with E-state index in [1.54, 1.807) is 42.5 Å². The highest BCUT2D eigenvalue weighted by molar-refractivity contribution is 6.30. The fourth-order valence-electron chi connectivity index (χ4n) is 2.65. The first kappa shape index (κ1) is 18.9. The molecule has 0 aromatic heterocycles. The lowest BCUT2D eigenvalue weighted by Crippen LogP contribution is -2.00. The Kier molecular flexibility index (Phi) is 5.77. The zero-order valence-corrected chi connectivity index (χ0v) is 16.0. The molecule has 140 valence electrons. The van der Waals surface area contributed by atoms with Gasteiger partial charge in [0.2, 0.25) is 0 Å². The van der Waals surface area contributed by atoms with E-state index in [1.165, 1.54) is 0 Å². The van der Waals surface area contributed by atoms with Crippen molar-refractivity contribution < 1.29 is 19.7 Å². The fourth-order valence-corrected chi connectivity index (χ4v) is 2.87. The quantitative estimate of drug-likeness (QED) is 0.587. The van der Waals surface area contributed by atoms with Gasteiger partial charge in [0.15, 0.2) is 0 Å². The topological polar surface area (TPSA) is 58.9 Å². The number of hydrogen-bond donors (Lipinski definition) is 2. The third-order valence-corrected chi connectivity index (χ3v) is 4.52. The van der Waals surface area contributed by atoms with E-state index < -0.39 is 0 Å². The molecule has 0 heterocycles. The zero-order chi connectivity index (χ0) is 19.4. The van der Waals surface area contributed by atoms with Gasteiger partial charge in [-0.2, -0.15) is 0 Å². The van der Waals surface area contributed by atoms with Crippen LogP contribution in [0.2, 0.25) is 5.02 Å². The first-order chi connectivity index (χ1) is 12.9. The highest BCUT2D eigenvalue weighted by atomic mass is 35.5. The summed E-state index contributed by atoms with van der Waals surface area (Å²) in [5, 5.41) is 19.8. The second-order valence-electron chi connectivity index (χ2n) is 6.42. The lowest BCUT2D eigenvalue weighted by molar-refractivity contribution is 0.288. The number of halogens is 1. The van der Waals surface area contributed by atoms with E-state index in [0.29, 0.717) is 29.7 Å². The van der Waals surface area contributed by atoms with Crippen LogP contribution in [0.25, 0.3) is 0 Å². The summed E-state index contributed by atoms with van der Waals surface area (Å²) in [6.07, 6.45) is 0. The zero-order valence-electron chi connectivity index (χ0n) is 15.2. The van der Waals surface area contributed by atoms with Crippen molar-refractivity contribution in [3.8, 4) is 23.0 Å². The number of aromatic hydroxyl groups is 2. The van der Waals surface area contributed by atoms with Crippen LogP contribution in [0.4, 0.5) is 0 Å². The number of phenolic OH excluding ortho intramolecular Hbond substituents is 2. The minimum atomic E-state index is 0.204. The minimum Gasteiger partial charge on any atom is -0.508 e. The maximum absolute atomic E-state index is 9.63. The maximum Gasteiger partial charge on any atom is 0.124 e. The molecule has 4 nitrogen and oxygen atoms in total. The summed E-state index contributed by atoms with van der Waals surface area (Å²) < 4.78 is 11.7. The number of phenols is 2. The van der Waals surface area contributed by atoms with Crippen molar-refractivity contribution in [3.63, 3.8) is 0 Å². The Hall–Kier alpha value is -2.85. The largest absolute Gasteiger partial charge is 0.508 e. The molecule has 3 aromatic rings. The first-order valence-corrected chi connectivity index (χ1v) is 8.91. The summed E-state index contributed by atoms with van der Waals surface area (Å²) >= 11 is 6.19. The van der Waals surface area contributed by atoms with Crippen LogP contribution >= 0.6 is 11.6 Å². The molecule has 3 aromatic carbocycles. The standard InChI is InChI=1S/C22H21ClO4/c1-14-3-5-19(24)7-16(14)12-26-21-9-18(23)10-22(11-21)27-13-17-8-20(25)6-4-15(17)2/h3-11,24-25H,12-13H2,1-2H3. The molecule has 0 fully saturated rings. The van der Waals surface area contributed by atoms with Crippen LogP contribution in [0.3, 0.4) is 0 Å². The Morgan fingerprint density at radius 3 is 1.59 bits per heavy atom. The van der Waals surface area contributed by atoms with Gasteiger partial charge in [-0.3, -0.25) is 0 Å². The molecule has 0 unspecified atom stereocenters. The van der Waals surface area contributed by atoms with Crippen LogP contribution in [-0.2, 0) is 13.2 Å². The number of ether oxygens (including phenoxy) is 2. The molecule has 0 spiro atoms. The molecule has 0 aliphatic heterocycles. The van der Waals surface area contributed by atoms with Crippen molar-refractivity contribution in [1.82, 2.24) is 0 Å². The number of hydrogen-bond acceptors (Lipinski definition) is 4. The van der Waals surface area contributed by atoms with Gasteiger partial charge in [0.05, 0.1) is 0 Å². The van der Waals surface area contributed by atoms with Crippen molar-refractivity contribution in [2.75, 3.05) is 0 Å². The molecule has 2 N–H and O–H groups in total. The van der Waals surface area contributed by atoms with Crippen molar-refractivity contribution in [2.24, 2.45) is 0 Å². The van der Waals surface area contributed by atoms with Gasteiger partial charge < -0.3 is 19.7 Å². The van der Waals surface area contributed by atoms with Gasteiger partial charge in [-0.15, -0.1) is 0 Å². The van der Waals surface area contributed by atoms with E-state index in [1.807, 2.05) is 26.0 Å². The summed E-state index contributed by atoms with van der Waals surface area (Å²) in [6.45, 7) is 4.54. The highest BCUT2D eigenvalue weighted by Crippen LogP contribution is 2.28. The van der Waals surface area contributed by atoms with Crippen LogP contribution in [0.15, 0.2) is 54.6 Å². The Bertz CT molecular complexity index is 879. The van der Waals surface area contributed by atoms with Crippen molar-refractivity contribution in [2.45, 2.75) is 27.1 Å². The van der Waals surface area contributed by atoms with Gasteiger partial charge in [0.1, 0.15) is 36.2 Å². The smallest absolute Gasteiger partial charge is 0.124 e. The minimum absolute atomic E-state index is 0.204. The second-order valence-corrected chi connectivity index (χ2v) is 6.86. The molecule has 0 aliphatic carbocycles. The van der Waals surface area contributed by atoms with E-state index >= 15 is 0 Å². The van der Waals surface area contributed by atoms with Crippen LogP contribution in [-0.4, -0.2) is 10.2 Å². The molecule has 5 heteroatoms. The summed E-state index contributed by atoms with van der Waals surface area (Å²) in [4.78, 5) is 0. The van der Waals surface area contributed by atoms with Gasteiger partial charge in [-0.25, -0.2) is 0 Å². The van der Waals surface area contributed by atoms with Crippen LogP contribution in [0, 0.1) is 13.8 Å². The predicted octanol–water partition coefficient (Wildman–Crippen LogP) is 5.53. The lowest BCUT2D eigenvalue weighted by atomic mass is 10.1. The molecule has 0 aliphatic rings. The van der Waals surface area contributed by atoms with Gasteiger partial charge in [0.25, 0.3) is 0 Å². The Morgan fingerprint density at radius 2 is 1.15 bits per heavy atom. The second kappa shape index (κ2) is 8.23. The third kappa shape index (κ3) is 5.08. The average Bonchev–Trinajstić information content (AvgIpc) is 2.63. The molecule has 0 saturated heterocycles. The van der Waals surface area contributed by atoms with Gasteiger partial charge >= 0.3 is 0 Å². The van der Waals surface area contributed by atoms with Gasteiger partial charge in [-0.05, 0) is 72.5 Å². The normalized spacial score (nSPS) is 10.6.